The lowest BCUT2D eigenvalue weighted by Gasteiger charge is -2.21. The van der Waals surface area contributed by atoms with Crippen LogP contribution >= 0.6 is 0 Å². The molecule has 21 heavy (non-hydrogen) atoms. The average Bonchev–Trinajstić information content (AvgIpc) is 2.96. The molecule has 0 amide bonds. The maximum atomic E-state index is 10.1. The van der Waals surface area contributed by atoms with Crippen molar-refractivity contribution in [3.63, 3.8) is 0 Å². The van der Waals surface area contributed by atoms with Gasteiger partial charge in [-0.3, -0.25) is 5.43 Å². The summed E-state index contributed by atoms with van der Waals surface area (Å²) in [4.78, 5) is 8.09. The number of aliphatic imine (C=N–C) groups is 1. The minimum atomic E-state index is -1.28. The van der Waals surface area contributed by atoms with Gasteiger partial charge in [-0.05, 0) is 0 Å². The van der Waals surface area contributed by atoms with Crippen molar-refractivity contribution < 1.29 is 24.9 Å². The summed E-state index contributed by atoms with van der Waals surface area (Å²) in [7, 11) is 0. The van der Waals surface area contributed by atoms with E-state index in [-0.39, 0.29) is 24.2 Å². The number of nitrogens with one attached hydrogen (secondary N) is 1. The first kappa shape index (κ1) is 14.1. The van der Waals surface area contributed by atoms with Gasteiger partial charge in [0.2, 0.25) is 18.0 Å². The molecule has 8 N–H and O–H groups in total. The average molecular weight is 301 g/mol. The lowest BCUT2D eigenvalue weighted by molar-refractivity contribution is -0.0480. The van der Waals surface area contributed by atoms with E-state index < -0.39 is 30.6 Å². The second kappa shape index (κ2) is 5.18. The molecule has 2 aliphatic rings. The molecule has 0 aromatic carbocycles. The summed E-state index contributed by atoms with van der Waals surface area (Å²) in [6.45, 7) is -0.102. The zero-order chi connectivity index (χ0) is 15.1. The number of rotatable bonds is 3. The highest BCUT2D eigenvalue weighted by atomic mass is 16.6. The molecule has 1 fully saturated rings. The lowest BCUT2D eigenvalue weighted by Crippen LogP contribution is -2.38. The van der Waals surface area contributed by atoms with E-state index in [1.807, 2.05) is 0 Å². The number of aromatic nitrogens is 3. The molecule has 0 aliphatic carbocycles. The van der Waals surface area contributed by atoms with Gasteiger partial charge in [-0.25, -0.2) is 15.6 Å². The van der Waals surface area contributed by atoms with Crippen molar-refractivity contribution in [3.8, 4) is 0 Å². The number of guanidine groups is 1. The Morgan fingerprint density at radius 3 is 2.67 bits per heavy atom. The molecule has 1 aromatic heterocycles. The van der Waals surface area contributed by atoms with Crippen LogP contribution in [-0.2, 0) is 9.57 Å². The third kappa shape index (κ3) is 2.23. The summed E-state index contributed by atoms with van der Waals surface area (Å²) >= 11 is 0. The molecule has 12 nitrogen and oxygen atoms in total. The Morgan fingerprint density at radius 2 is 1.95 bits per heavy atom. The predicted octanol–water partition coefficient (Wildman–Crippen LogP) is -3.81. The van der Waals surface area contributed by atoms with Crippen molar-refractivity contribution in [1.82, 2.24) is 14.9 Å². The Kier molecular flexibility index (Phi) is 3.48. The van der Waals surface area contributed by atoms with E-state index in [4.69, 9.17) is 16.4 Å². The lowest BCUT2D eigenvalue weighted by atomic mass is 10.1. The second-order valence-electron chi connectivity index (χ2n) is 4.66. The van der Waals surface area contributed by atoms with Gasteiger partial charge in [-0.1, -0.05) is 0 Å². The van der Waals surface area contributed by atoms with Crippen molar-refractivity contribution in [3.05, 3.63) is 11.6 Å². The van der Waals surface area contributed by atoms with E-state index in [0.29, 0.717) is 0 Å². The highest BCUT2D eigenvalue weighted by Gasteiger charge is 2.46. The molecule has 1 aromatic rings. The highest BCUT2D eigenvalue weighted by molar-refractivity contribution is 5.86. The maximum Gasteiger partial charge on any atom is 0.211 e. The normalized spacial score (nSPS) is 35.2. The van der Waals surface area contributed by atoms with Gasteiger partial charge in [-0.15, -0.1) is 10.2 Å². The van der Waals surface area contributed by atoms with Gasteiger partial charge >= 0.3 is 0 Å². The van der Waals surface area contributed by atoms with E-state index in [1.54, 1.807) is 0 Å². The Hall–Kier alpha value is -1.83. The molecular formula is C9H15N7O5. The Bertz CT molecular complexity index is 563. The van der Waals surface area contributed by atoms with Crippen LogP contribution in [0.3, 0.4) is 0 Å². The van der Waals surface area contributed by atoms with Crippen molar-refractivity contribution in [2.45, 2.75) is 30.6 Å². The fourth-order valence-corrected chi connectivity index (χ4v) is 2.30. The van der Waals surface area contributed by atoms with Crippen LogP contribution in [-0.4, -0.2) is 61.1 Å². The van der Waals surface area contributed by atoms with Gasteiger partial charge in [0.1, 0.15) is 24.4 Å². The molecular weight excluding hydrogens is 286 g/mol. The number of nitrogens with zero attached hydrogens (tertiary/aromatic N) is 4. The molecule has 5 atom stereocenters. The fraction of sp³-hybridized carbons (Fsp3) is 0.667. The zero-order valence-electron chi connectivity index (χ0n) is 10.7. The zero-order valence-corrected chi connectivity index (χ0v) is 10.7. The number of ether oxygens (including phenoxy) is 1. The number of aliphatic hydroxyl groups is 3. The summed E-state index contributed by atoms with van der Waals surface area (Å²) in [5.74, 6) is 5.11. The van der Waals surface area contributed by atoms with Crippen LogP contribution in [0.2, 0.25) is 0 Å². The van der Waals surface area contributed by atoms with Crippen LogP contribution in [0.4, 0.5) is 0 Å². The quantitative estimate of drug-likeness (QED) is 0.302. The van der Waals surface area contributed by atoms with E-state index in [9.17, 15) is 15.3 Å². The second-order valence-corrected chi connectivity index (χ2v) is 4.66. The molecule has 0 spiro atoms. The SMILES string of the molecule is NOC[C@H]1O[C@@H](c2nnc3n2NC(N)=NC3O)[C@H](O)[C@@H]1O. The first-order chi connectivity index (χ1) is 10.0. The molecule has 2 aliphatic heterocycles. The van der Waals surface area contributed by atoms with E-state index in [1.165, 1.54) is 4.68 Å². The van der Waals surface area contributed by atoms with E-state index in [0.717, 1.165) is 0 Å². The minimum absolute atomic E-state index is 0.0501. The van der Waals surface area contributed by atoms with E-state index in [2.05, 4.69) is 25.5 Å². The van der Waals surface area contributed by atoms with Gasteiger partial charge in [0, 0.05) is 0 Å². The number of aliphatic hydroxyl groups excluding tert-OH is 3. The smallest absolute Gasteiger partial charge is 0.211 e. The summed E-state index contributed by atoms with van der Waals surface area (Å²) in [5.41, 5.74) is 8.15. The van der Waals surface area contributed by atoms with E-state index >= 15 is 0 Å². The third-order valence-electron chi connectivity index (χ3n) is 3.31. The summed E-state index contributed by atoms with van der Waals surface area (Å²) in [6.07, 6.45) is -5.56. The van der Waals surface area contributed by atoms with Gasteiger partial charge < -0.3 is 30.6 Å². The molecule has 12 heteroatoms. The third-order valence-corrected chi connectivity index (χ3v) is 3.31. The summed E-state index contributed by atoms with van der Waals surface area (Å²) in [5, 5.41) is 37.3. The van der Waals surface area contributed by atoms with Crippen molar-refractivity contribution in [2.75, 3.05) is 12.0 Å². The van der Waals surface area contributed by atoms with Gasteiger partial charge in [0.05, 0.1) is 6.61 Å². The number of fused-ring (bicyclic) bond motifs is 1. The van der Waals surface area contributed by atoms with Crippen molar-refractivity contribution in [1.29, 1.82) is 0 Å². The van der Waals surface area contributed by atoms with Crippen LogP contribution in [0, 0.1) is 0 Å². The maximum absolute atomic E-state index is 10.1. The first-order valence-corrected chi connectivity index (χ1v) is 6.09. The topological polar surface area (TPSA) is 186 Å². The molecule has 0 radical (unpaired) electrons. The molecule has 3 heterocycles. The molecule has 1 saturated heterocycles. The molecule has 0 saturated carbocycles. The standard InChI is InChI=1S/C9H15N7O5/c10-9-12-8(19)7-14-13-6(16(7)15-9)5-4(18)3(17)2(21-5)1-20-11/h2-5,8,17-19H,1,11H2,(H3,10,12,15)/t2-,3-,4-,5-,8?/m1/s1. The van der Waals surface area contributed by atoms with Gasteiger partial charge in [0.25, 0.3) is 0 Å². The monoisotopic (exact) mass is 301 g/mol. The predicted molar refractivity (Wildman–Crippen MR) is 65.7 cm³/mol. The van der Waals surface area contributed by atoms with Crippen LogP contribution in [0.1, 0.15) is 24.0 Å². The minimum Gasteiger partial charge on any atom is -0.387 e. The Morgan fingerprint density at radius 1 is 1.24 bits per heavy atom. The summed E-state index contributed by atoms with van der Waals surface area (Å²) < 4.78 is 6.73. The molecule has 1 unspecified atom stereocenters. The largest absolute Gasteiger partial charge is 0.387 e. The number of hydrogen-bond acceptors (Lipinski definition) is 11. The van der Waals surface area contributed by atoms with Crippen molar-refractivity contribution in [2.24, 2.45) is 16.6 Å². The van der Waals surface area contributed by atoms with Crippen LogP contribution in [0.15, 0.2) is 4.99 Å². The molecule has 3 rings (SSSR count). The fourth-order valence-electron chi connectivity index (χ4n) is 2.30. The Balaban J connectivity index is 1.90. The van der Waals surface area contributed by atoms with Gasteiger partial charge in [-0.2, -0.15) is 0 Å². The van der Waals surface area contributed by atoms with Crippen LogP contribution < -0.4 is 17.1 Å². The molecule has 116 valence electrons. The number of hydrogen-bond donors (Lipinski definition) is 6. The van der Waals surface area contributed by atoms with Crippen molar-refractivity contribution >= 4 is 5.96 Å². The van der Waals surface area contributed by atoms with Gasteiger partial charge in [0.15, 0.2) is 5.82 Å². The van der Waals surface area contributed by atoms with Crippen LogP contribution in [0.25, 0.3) is 0 Å². The Labute approximate surface area is 117 Å². The highest BCUT2D eigenvalue weighted by Crippen LogP contribution is 2.33. The van der Waals surface area contributed by atoms with Crippen LogP contribution in [0.5, 0.6) is 0 Å². The summed E-state index contributed by atoms with van der Waals surface area (Å²) in [6, 6.07) is 0. The number of nitrogens with two attached hydrogens (primary N) is 2. The first-order valence-electron chi connectivity index (χ1n) is 6.09. The molecule has 0 bridgehead atoms.